The minimum absolute atomic E-state index is 0.0948. The summed E-state index contributed by atoms with van der Waals surface area (Å²) in [7, 11) is 1.57. The molecule has 0 spiro atoms. The number of ether oxygens (including phenoxy) is 1. The van der Waals surface area contributed by atoms with E-state index < -0.39 is 0 Å². The summed E-state index contributed by atoms with van der Waals surface area (Å²) in [6, 6.07) is 15.9. The fourth-order valence-corrected chi connectivity index (χ4v) is 2.81. The monoisotopic (exact) mass is 348 g/mol. The molecule has 0 bridgehead atoms. The van der Waals surface area contributed by atoms with Gasteiger partial charge in [-0.2, -0.15) is 0 Å². The molecule has 1 amide bonds. The van der Waals surface area contributed by atoms with E-state index in [0.717, 1.165) is 16.3 Å². The maximum Gasteiger partial charge on any atom is 0.251 e. The van der Waals surface area contributed by atoms with Gasteiger partial charge in [-0.15, -0.1) is 0 Å². The second kappa shape index (κ2) is 7.16. The van der Waals surface area contributed by atoms with Crippen molar-refractivity contribution in [3.05, 3.63) is 71.4 Å². The van der Waals surface area contributed by atoms with Crippen LogP contribution < -0.4 is 10.1 Å². The van der Waals surface area contributed by atoms with Gasteiger partial charge in [0.15, 0.2) is 0 Å². The summed E-state index contributed by atoms with van der Waals surface area (Å²) in [5.74, 6) is 0.444. The van der Waals surface area contributed by atoms with Crippen molar-refractivity contribution in [2.24, 2.45) is 0 Å². The number of methoxy groups -OCH3 is 1. The lowest BCUT2D eigenvalue weighted by molar-refractivity contribution is 0.0951. The van der Waals surface area contributed by atoms with Crippen molar-refractivity contribution in [1.29, 1.82) is 0 Å². The highest BCUT2D eigenvalue weighted by Crippen LogP contribution is 2.26. The van der Waals surface area contributed by atoms with Crippen molar-refractivity contribution in [2.45, 2.75) is 32.7 Å². The Hall–Kier alpha value is -2.88. The smallest absolute Gasteiger partial charge is 0.251 e. The number of hydrogen-bond acceptors (Lipinski definition) is 3. The third-order valence-electron chi connectivity index (χ3n) is 4.43. The van der Waals surface area contributed by atoms with Gasteiger partial charge in [0.05, 0.1) is 7.11 Å². The molecule has 0 fully saturated rings. The van der Waals surface area contributed by atoms with Gasteiger partial charge in [0, 0.05) is 24.4 Å². The summed E-state index contributed by atoms with van der Waals surface area (Å²) < 4.78 is 5.10. The second-order valence-corrected chi connectivity index (χ2v) is 7.42. The lowest BCUT2D eigenvalue weighted by Crippen LogP contribution is -2.22. The number of carbonyl (C=O) groups excluding carboxylic acids is 1. The van der Waals surface area contributed by atoms with Crippen LogP contribution in [0.3, 0.4) is 0 Å². The van der Waals surface area contributed by atoms with Gasteiger partial charge < -0.3 is 10.1 Å². The molecule has 1 heterocycles. The fourth-order valence-electron chi connectivity index (χ4n) is 2.81. The standard InChI is InChI=1S/C22H24N2O2/c1-22(2,3)19-8-7-16-12-18(6-5-17(16)13-19)21(25)24-14-15-9-10-23-20(11-15)26-4/h5-13H,14H2,1-4H3,(H,24,25). The maximum atomic E-state index is 12.5. The van der Waals surface area contributed by atoms with Gasteiger partial charge in [-0.05, 0) is 45.5 Å². The van der Waals surface area contributed by atoms with Crippen LogP contribution in [0.1, 0.15) is 42.3 Å². The predicted molar refractivity (Wildman–Crippen MR) is 105 cm³/mol. The Bertz CT molecular complexity index is 942. The van der Waals surface area contributed by atoms with E-state index in [9.17, 15) is 4.79 Å². The zero-order chi connectivity index (χ0) is 18.7. The van der Waals surface area contributed by atoms with Crippen LogP contribution in [0.2, 0.25) is 0 Å². The van der Waals surface area contributed by atoms with Gasteiger partial charge in [-0.1, -0.05) is 45.0 Å². The van der Waals surface area contributed by atoms with E-state index in [1.165, 1.54) is 5.56 Å². The Morgan fingerprint density at radius 3 is 2.50 bits per heavy atom. The summed E-state index contributed by atoms with van der Waals surface area (Å²) in [6.07, 6.45) is 1.67. The normalized spacial score (nSPS) is 11.4. The Kier molecular flexibility index (Phi) is 4.94. The first-order valence-electron chi connectivity index (χ1n) is 8.68. The zero-order valence-corrected chi connectivity index (χ0v) is 15.7. The highest BCUT2D eigenvalue weighted by atomic mass is 16.5. The van der Waals surface area contributed by atoms with Crippen molar-refractivity contribution >= 4 is 16.7 Å². The number of fused-ring (bicyclic) bond motifs is 1. The number of pyridine rings is 1. The highest BCUT2D eigenvalue weighted by Gasteiger charge is 2.14. The van der Waals surface area contributed by atoms with Crippen LogP contribution in [0.15, 0.2) is 54.7 Å². The van der Waals surface area contributed by atoms with Crippen LogP contribution in [0.5, 0.6) is 5.88 Å². The van der Waals surface area contributed by atoms with Crippen molar-refractivity contribution < 1.29 is 9.53 Å². The molecular formula is C22H24N2O2. The van der Waals surface area contributed by atoms with Crippen LogP contribution in [0.25, 0.3) is 10.8 Å². The molecule has 1 N–H and O–H groups in total. The van der Waals surface area contributed by atoms with E-state index in [2.05, 4.69) is 49.3 Å². The lowest BCUT2D eigenvalue weighted by atomic mass is 9.86. The summed E-state index contributed by atoms with van der Waals surface area (Å²) in [4.78, 5) is 16.6. The zero-order valence-electron chi connectivity index (χ0n) is 15.7. The molecule has 4 heteroatoms. The molecule has 2 aromatic carbocycles. The number of nitrogens with zero attached hydrogens (tertiary/aromatic N) is 1. The largest absolute Gasteiger partial charge is 0.481 e. The number of hydrogen-bond donors (Lipinski definition) is 1. The topological polar surface area (TPSA) is 51.2 Å². The van der Waals surface area contributed by atoms with E-state index in [0.29, 0.717) is 18.0 Å². The van der Waals surface area contributed by atoms with E-state index >= 15 is 0 Å². The number of aromatic nitrogens is 1. The van der Waals surface area contributed by atoms with Crippen molar-refractivity contribution in [3.8, 4) is 5.88 Å². The van der Waals surface area contributed by atoms with Gasteiger partial charge in [0.2, 0.25) is 5.88 Å². The number of nitrogens with one attached hydrogen (secondary N) is 1. The first kappa shape index (κ1) is 17.9. The fraction of sp³-hybridized carbons (Fsp3) is 0.273. The van der Waals surface area contributed by atoms with Crippen molar-refractivity contribution in [2.75, 3.05) is 7.11 Å². The van der Waals surface area contributed by atoms with E-state index in [1.807, 2.05) is 30.3 Å². The summed E-state index contributed by atoms with van der Waals surface area (Å²) in [6.45, 7) is 7.02. The molecule has 0 saturated carbocycles. The molecule has 134 valence electrons. The number of benzene rings is 2. The quantitative estimate of drug-likeness (QED) is 0.757. The van der Waals surface area contributed by atoms with Crippen LogP contribution in [-0.2, 0) is 12.0 Å². The minimum atomic E-state index is -0.0948. The summed E-state index contributed by atoms with van der Waals surface area (Å²) >= 11 is 0. The van der Waals surface area contributed by atoms with Crippen LogP contribution >= 0.6 is 0 Å². The molecule has 0 aliphatic heterocycles. The van der Waals surface area contributed by atoms with Crippen LogP contribution in [0.4, 0.5) is 0 Å². The van der Waals surface area contributed by atoms with Gasteiger partial charge in [-0.25, -0.2) is 4.98 Å². The molecule has 4 nitrogen and oxygen atoms in total. The molecule has 0 aliphatic rings. The molecule has 0 atom stereocenters. The third kappa shape index (κ3) is 4.02. The molecule has 0 radical (unpaired) electrons. The maximum absolute atomic E-state index is 12.5. The van der Waals surface area contributed by atoms with Crippen molar-refractivity contribution in [1.82, 2.24) is 10.3 Å². The Balaban J connectivity index is 1.76. The van der Waals surface area contributed by atoms with Crippen LogP contribution in [0, 0.1) is 0 Å². The minimum Gasteiger partial charge on any atom is -0.481 e. The average molecular weight is 348 g/mol. The Labute approximate surface area is 154 Å². The molecular weight excluding hydrogens is 324 g/mol. The second-order valence-electron chi connectivity index (χ2n) is 7.42. The van der Waals surface area contributed by atoms with Gasteiger partial charge >= 0.3 is 0 Å². The molecule has 26 heavy (non-hydrogen) atoms. The van der Waals surface area contributed by atoms with E-state index in [-0.39, 0.29) is 11.3 Å². The molecule has 0 saturated heterocycles. The van der Waals surface area contributed by atoms with Gasteiger partial charge in [-0.3, -0.25) is 4.79 Å². The molecule has 0 aliphatic carbocycles. The Morgan fingerprint density at radius 1 is 1.04 bits per heavy atom. The summed E-state index contributed by atoms with van der Waals surface area (Å²) in [5, 5.41) is 5.16. The number of amides is 1. The average Bonchev–Trinajstić information content (AvgIpc) is 2.64. The predicted octanol–water partition coefficient (Wildman–Crippen LogP) is 4.47. The molecule has 1 aromatic heterocycles. The lowest BCUT2D eigenvalue weighted by Gasteiger charge is -2.19. The summed E-state index contributed by atoms with van der Waals surface area (Å²) in [5.41, 5.74) is 2.99. The molecule has 0 unspecified atom stereocenters. The first-order chi connectivity index (χ1) is 12.4. The molecule has 3 rings (SSSR count). The number of carbonyl (C=O) groups is 1. The van der Waals surface area contributed by atoms with E-state index in [1.54, 1.807) is 13.3 Å². The highest BCUT2D eigenvalue weighted by molar-refractivity contribution is 5.98. The van der Waals surface area contributed by atoms with E-state index in [4.69, 9.17) is 4.74 Å². The molecule has 3 aromatic rings. The first-order valence-corrected chi connectivity index (χ1v) is 8.68. The van der Waals surface area contributed by atoms with Crippen molar-refractivity contribution in [3.63, 3.8) is 0 Å². The van der Waals surface area contributed by atoms with Crippen LogP contribution in [-0.4, -0.2) is 18.0 Å². The Morgan fingerprint density at radius 2 is 1.77 bits per heavy atom. The van der Waals surface area contributed by atoms with Gasteiger partial charge in [0.1, 0.15) is 0 Å². The number of rotatable bonds is 4. The SMILES string of the molecule is COc1cc(CNC(=O)c2ccc3cc(C(C)(C)C)ccc3c2)ccn1. The van der Waals surface area contributed by atoms with Gasteiger partial charge in [0.25, 0.3) is 5.91 Å². The third-order valence-corrected chi connectivity index (χ3v) is 4.43.